The number of halogens is 3. The van der Waals surface area contributed by atoms with Crippen molar-refractivity contribution < 1.29 is 17.9 Å². The molecule has 0 radical (unpaired) electrons. The first-order chi connectivity index (χ1) is 12.8. The molecule has 0 aromatic heterocycles. The molecule has 0 heterocycles. The van der Waals surface area contributed by atoms with Gasteiger partial charge in [0.1, 0.15) is 18.1 Å². The topological polar surface area (TPSA) is 21.6 Å². The van der Waals surface area contributed by atoms with Crippen molar-refractivity contribution in [2.45, 2.75) is 32.9 Å². The van der Waals surface area contributed by atoms with Crippen LogP contribution in [0.4, 0.5) is 13.2 Å². The van der Waals surface area contributed by atoms with E-state index in [1.807, 2.05) is 24.3 Å². The van der Waals surface area contributed by atoms with Gasteiger partial charge in [0.15, 0.2) is 0 Å². The fraction of sp³-hybridized carbons (Fsp3) is 0.318. The van der Waals surface area contributed by atoms with Crippen LogP contribution in [-0.4, -0.2) is 25.5 Å². The fourth-order valence-corrected chi connectivity index (χ4v) is 2.21. The molecule has 146 valence electrons. The zero-order valence-electron chi connectivity index (χ0n) is 16.0. The Balaban J connectivity index is 2.75. The normalized spacial score (nSPS) is 13.9. The van der Waals surface area contributed by atoms with E-state index in [9.17, 15) is 13.2 Å². The number of allylic oxidation sites excluding steroid dienone is 6. The van der Waals surface area contributed by atoms with Gasteiger partial charge in [-0.05, 0) is 48.3 Å². The molecule has 5 heteroatoms. The average Bonchev–Trinajstić information content (AvgIpc) is 2.64. The zero-order valence-corrected chi connectivity index (χ0v) is 16.0. The summed E-state index contributed by atoms with van der Waals surface area (Å²) >= 11 is 0. The summed E-state index contributed by atoms with van der Waals surface area (Å²) in [5.74, 6) is 0.582. The Morgan fingerprint density at radius 1 is 1.22 bits per heavy atom. The highest BCUT2D eigenvalue weighted by atomic mass is 19.4. The van der Waals surface area contributed by atoms with E-state index < -0.39 is 11.9 Å². The molecule has 0 amide bonds. The van der Waals surface area contributed by atoms with E-state index in [-0.39, 0.29) is 6.61 Å². The van der Waals surface area contributed by atoms with Crippen LogP contribution in [0.2, 0.25) is 0 Å². The summed E-state index contributed by atoms with van der Waals surface area (Å²) in [7, 11) is 1.12. The van der Waals surface area contributed by atoms with Gasteiger partial charge in [0.05, 0.1) is 0 Å². The van der Waals surface area contributed by atoms with E-state index in [4.69, 9.17) is 4.74 Å². The average molecular weight is 377 g/mol. The molecular formula is C22H26F3NO. The van der Waals surface area contributed by atoms with Crippen molar-refractivity contribution in [2.24, 2.45) is 4.99 Å². The standard InChI is InChI=1S/C22H26F3NO/c1-5-7-8-9-10-18(6-2)19-11-13-20(14-12-19)27-16-17(3)15-21(26-4)22(23,24)25/h6,8-15H,2,5,7,16H2,1,3-4H3/b9-8-,17-15+,18-10+,26-21?. The largest absolute Gasteiger partial charge is 0.489 e. The number of unbranched alkanes of at least 4 members (excludes halogenated alkanes) is 1. The van der Waals surface area contributed by atoms with Gasteiger partial charge in [0.25, 0.3) is 0 Å². The summed E-state index contributed by atoms with van der Waals surface area (Å²) < 4.78 is 43.6. The van der Waals surface area contributed by atoms with Crippen LogP contribution in [-0.2, 0) is 0 Å². The minimum Gasteiger partial charge on any atom is -0.489 e. The third kappa shape index (κ3) is 8.11. The third-order valence-electron chi connectivity index (χ3n) is 3.66. The van der Waals surface area contributed by atoms with Crippen LogP contribution >= 0.6 is 0 Å². The van der Waals surface area contributed by atoms with E-state index in [2.05, 4.69) is 24.6 Å². The van der Waals surface area contributed by atoms with Crippen LogP contribution in [0.3, 0.4) is 0 Å². The summed E-state index contributed by atoms with van der Waals surface area (Å²) in [6.07, 6.45) is 6.54. The van der Waals surface area contributed by atoms with Gasteiger partial charge in [-0.2, -0.15) is 13.2 Å². The lowest BCUT2D eigenvalue weighted by molar-refractivity contribution is -0.0578. The molecule has 0 N–H and O–H groups in total. The Bertz CT molecular complexity index is 723. The molecule has 0 spiro atoms. The Labute approximate surface area is 159 Å². The molecule has 0 fully saturated rings. The highest BCUT2D eigenvalue weighted by Crippen LogP contribution is 2.21. The molecule has 0 saturated heterocycles. The molecule has 2 nitrogen and oxygen atoms in total. The van der Waals surface area contributed by atoms with Gasteiger partial charge in [-0.3, -0.25) is 4.99 Å². The molecule has 27 heavy (non-hydrogen) atoms. The first kappa shape index (κ1) is 22.5. The van der Waals surface area contributed by atoms with Gasteiger partial charge in [-0.25, -0.2) is 0 Å². The van der Waals surface area contributed by atoms with Crippen molar-refractivity contribution in [3.8, 4) is 5.75 Å². The maximum atomic E-state index is 12.7. The van der Waals surface area contributed by atoms with Crippen molar-refractivity contribution in [1.29, 1.82) is 0 Å². The van der Waals surface area contributed by atoms with E-state index in [1.165, 1.54) is 0 Å². The molecule has 0 aliphatic rings. The number of benzene rings is 1. The van der Waals surface area contributed by atoms with Crippen molar-refractivity contribution in [3.05, 3.63) is 72.4 Å². The van der Waals surface area contributed by atoms with E-state index in [0.717, 1.165) is 37.1 Å². The summed E-state index contributed by atoms with van der Waals surface area (Å²) in [5, 5.41) is 0. The summed E-state index contributed by atoms with van der Waals surface area (Å²) in [4.78, 5) is 3.27. The maximum Gasteiger partial charge on any atom is 0.432 e. The quantitative estimate of drug-likeness (QED) is 0.352. The highest BCUT2D eigenvalue weighted by molar-refractivity contribution is 5.99. The van der Waals surface area contributed by atoms with Gasteiger partial charge in [-0.1, -0.05) is 56.4 Å². The smallest absolute Gasteiger partial charge is 0.432 e. The molecule has 1 aromatic carbocycles. The second-order valence-electron chi connectivity index (χ2n) is 5.95. The van der Waals surface area contributed by atoms with Crippen molar-refractivity contribution >= 4 is 11.3 Å². The number of rotatable bonds is 9. The number of aliphatic imine (C=N–C) groups is 1. The first-order valence-electron chi connectivity index (χ1n) is 8.75. The number of nitrogens with zero attached hydrogens (tertiary/aromatic N) is 1. The molecular weight excluding hydrogens is 351 g/mol. The lowest BCUT2D eigenvalue weighted by atomic mass is 10.1. The number of alkyl halides is 3. The highest BCUT2D eigenvalue weighted by Gasteiger charge is 2.33. The Morgan fingerprint density at radius 2 is 1.89 bits per heavy atom. The van der Waals surface area contributed by atoms with Gasteiger partial charge >= 0.3 is 6.18 Å². The molecule has 0 aliphatic heterocycles. The van der Waals surface area contributed by atoms with Crippen LogP contribution in [0.1, 0.15) is 32.3 Å². The SMILES string of the molecule is C=C/C(=C\C=C/CCC)c1ccc(OC/C(C)=C/C(=NC)C(F)(F)F)cc1. The van der Waals surface area contributed by atoms with E-state index in [0.29, 0.717) is 11.3 Å². The lowest BCUT2D eigenvalue weighted by Gasteiger charge is -2.10. The Morgan fingerprint density at radius 3 is 2.41 bits per heavy atom. The van der Waals surface area contributed by atoms with Gasteiger partial charge < -0.3 is 4.74 Å². The molecule has 0 atom stereocenters. The zero-order chi connectivity index (χ0) is 20.3. The van der Waals surface area contributed by atoms with Gasteiger partial charge in [0.2, 0.25) is 0 Å². The van der Waals surface area contributed by atoms with E-state index >= 15 is 0 Å². The predicted octanol–water partition coefficient (Wildman–Crippen LogP) is 6.57. The third-order valence-corrected chi connectivity index (χ3v) is 3.66. The Kier molecular flexibility index (Phi) is 9.34. The van der Waals surface area contributed by atoms with Crippen molar-refractivity contribution in [2.75, 3.05) is 13.7 Å². The maximum absolute atomic E-state index is 12.7. The van der Waals surface area contributed by atoms with Crippen LogP contribution in [0, 0.1) is 0 Å². The first-order valence-corrected chi connectivity index (χ1v) is 8.75. The molecule has 1 rings (SSSR count). The number of hydrogen-bond acceptors (Lipinski definition) is 2. The number of ether oxygens (including phenoxy) is 1. The van der Waals surface area contributed by atoms with Crippen LogP contribution in [0.5, 0.6) is 5.75 Å². The Hall–Kier alpha value is -2.56. The molecule has 0 unspecified atom stereocenters. The monoisotopic (exact) mass is 377 g/mol. The lowest BCUT2D eigenvalue weighted by Crippen LogP contribution is -2.21. The molecule has 0 bridgehead atoms. The van der Waals surface area contributed by atoms with Crippen LogP contribution in [0.25, 0.3) is 5.57 Å². The van der Waals surface area contributed by atoms with Crippen molar-refractivity contribution in [3.63, 3.8) is 0 Å². The second kappa shape index (κ2) is 11.2. The van der Waals surface area contributed by atoms with Crippen LogP contribution in [0.15, 0.2) is 71.8 Å². The van der Waals surface area contributed by atoms with Gasteiger partial charge in [0, 0.05) is 7.05 Å². The van der Waals surface area contributed by atoms with Crippen molar-refractivity contribution in [1.82, 2.24) is 0 Å². The molecule has 0 saturated carbocycles. The van der Waals surface area contributed by atoms with Gasteiger partial charge in [-0.15, -0.1) is 0 Å². The molecule has 0 aliphatic carbocycles. The van der Waals surface area contributed by atoms with E-state index in [1.54, 1.807) is 25.1 Å². The summed E-state index contributed by atoms with van der Waals surface area (Å²) in [6.45, 7) is 7.58. The minimum atomic E-state index is -4.46. The predicted molar refractivity (Wildman–Crippen MR) is 107 cm³/mol. The summed E-state index contributed by atoms with van der Waals surface area (Å²) in [6, 6.07) is 7.36. The van der Waals surface area contributed by atoms with Crippen LogP contribution < -0.4 is 4.74 Å². The minimum absolute atomic E-state index is 0.0539. The second-order valence-corrected chi connectivity index (χ2v) is 5.95. The summed E-state index contributed by atoms with van der Waals surface area (Å²) in [5.41, 5.74) is 1.49. The number of hydrogen-bond donors (Lipinski definition) is 0. The fourth-order valence-electron chi connectivity index (χ4n) is 2.21. The molecule has 1 aromatic rings.